The SMILES string of the molecule is CCN(Cc1cccs1)C(=O)/C=C/c1ccsc1. The number of thiophene rings is 2. The zero-order chi connectivity index (χ0) is 12.8. The summed E-state index contributed by atoms with van der Waals surface area (Å²) in [6.07, 6.45) is 3.52. The van der Waals surface area contributed by atoms with Crippen molar-refractivity contribution in [3.63, 3.8) is 0 Å². The van der Waals surface area contributed by atoms with E-state index in [2.05, 4.69) is 6.07 Å². The van der Waals surface area contributed by atoms with Crippen LogP contribution in [0.5, 0.6) is 0 Å². The summed E-state index contributed by atoms with van der Waals surface area (Å²) in [5, 5.41) is 6.07. The molecule has 0 N–H and O–H groups in total. The average Bonchev–Trinajstić information content (AvgIpc) is 3.06. The van der Waals surface area contributed by atoms with Crippen LogP contribution in [0.25, 0.3) is 6.08 Å². The Balaban J connectivity index is 1.97. The van der Waals surface area contributed by atoms with Gasteiger partial charge in [-0.25, -0.2) is 0 Å². The first kappa shape index (κ1) is 13.1. The summed E-state index contributed by atoms with van der Waals surface area (Å²) >= 11 is 3.32. The van der Waals surface area contributed by atoms with Crippen molar-refractivity contribution in [2.24, 2.45) is 0 Å². The van der Waals surface area contributed by atoms with Gasteiger partial charge in [-0.2, -0.15) is 11.3 Å². The molecular formula is C14H15NOS2. The van der Waals surface area contributed by atoms with Gasteiger partial charge in [0, 0.05) is 17.5 Å². The Hall–Kier alpha value is -1.39. The summed E-state index contributed by atoms with van der Waals surface area (Å²) in [5.74, 6) is 0.0668. The zero-order valence-electron chi connectivity index (χ0n) is 10.2. The van der Waals surface area contributed by atoms with Gasteiger partial charge in [0.15, 0.2) is 0 Å². The van der Waals surface area contributed by atoms with Crippen molar-refractivity contribution in [1.29, 1.82) is 0 Å². The van der Waals surface area contributed by atoms with E-state index < -0.39 is 0 Å². The highest BCUT2D eigenvalue weighted by atomic mass is 32.1. The second-order valence-electron chi connectivity index (χ2n) is 3.82. The number of carbonyl (C=O) groups excluding carboxylic acids is 1. The lowest BCUT2D eigenvalue weighted by Gasteiger charge is -2.17. The minimum Gasteiger partial charge on any atom is -0.334 e. The van der Waals surface area contributed by atoms with Crippen molar-refractivity contribution >= 4 is 34.7 Å². The fourth-order valence-electron chi connectivity index (χ4n) is 1.58. The molecule has 0 aliphatic carbocycles. The average molecular weight is 277 g/mol. The van der Waals surface area contributed by atoms with Crippen LogP contribution in [0.3, 0.4) is 0 Å². The van der Waals surface area contributed by atoms with Crippen molar-refractivity contribution < 1.29 is 4.79 Å². The first-order chi connectivity index (χ1) is 8.79. The Morgan fingerprint density at radius 2 is 2.28 bits per heavy atom. The first-order valence-electron chi connectivity index (χ1n) is 5.81. The molecule has 0 bridgehead atoms. The smallest absolute Gasteiger partial charge is 0.246 e. The second-order valence-corrected chi connectivity index (χ2v) is 5.63. The third kappa shape index (κ3) is 3.55. The van der Waals surface area contributed by atoms with Crippen LogP contribution in [0.1, 0.15) is 17.4 Å². The van der Waals surface area contributed by atoms with Gasteiger partial charge in [-0.1, -0.05) is 6.07 Å². The lowest BCUT2D eigenvalue weighted by Crippen LogP contribution is -2.28. The van der Waals surface area contributed by atoms with E-state index in [1.54, 1.807) is 28.7 Å². The summed E-state index contributed by atoms with van der Waals surface area (Å²) in [6.45, 7) is 3.43. The number of carbonyl (C=O) groups is 1. The molecule has 2 aromatic heterocycles. The predicted molar refractivity (Wildman–Crippen MR) is 78.8 cm³/mol. The molecule has 2 rings (SSSR count). The number of hydrogen-bond donors (Lipinski definition) is 0. The molecule has 0 fully saturated rings. The highest BCUT2D eigenvalue weighted by Crippen LogP contribution is 2.13. The molecule has 4 heteroatoms. The monoisotopic (exact) mass is 277 g/mol. The molecule has 0 aliphatic heterocycles. The molecule has 1 amide bonds. The molecule has 0 aromatic carbocycles. The number of hydrogen-bond acceptors (Lipinski definition) is 3. The lowest BCUT2D eigenvalue weighted by atomic mass is 10.3. The molecule has 18 heavy (non-hydrogen) atoms. The lowest BCUT2D eigenvalue weighted by molar-refractivity contribution is -0.126. The van der Waals surface area contributed by atoms with Crippen LogP contribution in [0.15, 0.2) is 40.4 Å². The van der Waals surface area contributed by atoms with E-state index in [-0.39, 0.29) is 5.91 Å². The zero-order valence-corrected chi connectivity index (χ0v) is 11.8. The quantitative estimate of drug-likeness (QED) is 0.760. The van der Waals surface area contributed by atoms with Gasteiger partial charge in [-0.15, -0.1) is 11.3 Å². The highest BCUT2D eigenvalue weighted by molar-refractivity contribution is 7.09. The van der Waals surface area contributed by atoms with Crippen LogP contribution < -0.4 is 0 Å². The third-order valence-electron chi connectivity index (χ3n) is 2.58. The topological polar surface area (TPSA) is 20.3 Å². The summed E-state index contributed by atoms with van der Waals surface area (Å²) in [7, 11) is 0. The molecule has 0 spiro atoms. The molecule has 2 nitrogen and oxygen atoms in total. The van der Waals surface area contributed by atoms with Crippen LogP contribution in [-0.4, -0.2) is 17.4 Å². The Bertz CT molecular complexity index is 500. The largest absolute Gasteiger partial charge is 0.334 e. The van der Waals surface area contributed by atoms with Crippen LogP contribution >= 0.6 is 22.7 Å². The molecule has 0 saturated carbocycles. The Morgan fingerprint density at radius 1 is 1.39 bits per heavy atom. The Morgan fingerprint density at radius 3 is 2.89 bits per heavy atom. The number of amides is 1. The minimum atomic E-state index is 0.0668. The molecule has 0 unspecified atom stereocenters. The van der Waals surface area contributed by atoms with Gasteiger partial charge < -0.3 is 4.90 Å². The Labute approximate surface area is 115 Å². The number of nitrogens with zero attached hydrogens (tertiary/aromatic N) is 1. The van der Waals surface area contributed by atoms with Crippen molar-refractivity contribution in [2.45, 2.75) is 13.5 Å². The molecule has 2 heterocycles. The van der Waals surface area contributed by atoms with Crippen LogP contribution in [0.2, 0.25) is 0 Å². The highest BCUT2D eigenvalue weighted by Gasteiger charge is 2.09. The van der Waals surface area contributed by atoms with Gasteiger partial charge in [0.05, 0.1) is 6.54 Å². The second kappa shape index (κ2) is 6.52. The van der Waals surface area contributed by atoms with Crippen molar-refractivity contribution in [3.05, 3.63) is 50.9 Å². The molecule has 0 aliphatic rings. The van der Waals surface area contributed by atoms with Crippen LogP contribution in [0.4, 0.5) is 0 Å². The maximum Gasteiger partial charge on any atom is 0.246 e. The molecule has 0 radical (unpaired) electrons. The fraction of sp³-hybridized carbons (Fsp3) is 0.214. The van der Waals surface area contributed by atoms with Crippen LogP contribution in [0, 0.1) is 0 Å². The fourth-order valence-corrected chi connectivity index (χ4v) is 2.93. The molecule has 0 saturated heterocycles. The van der Waals surface area contributed by atoms with E-state index in [0.29, 0.717) is 6.54 Å². The van der Waals surface area contributed by atoms with Gasteiger partial charge in [-0.05, 0) is 46.8 Å². The number of likely N-dealkylation sites (N-methyl/N-ethyl adjacent to an activating group) is 1. The summed E-state index contributed by atoms with van der Waals surface area (Å²) in [4.78, 5) is 15.1. The van der Waals surface area contributed by atoms with Crippen LogP contribution in [-0.2, 0) is 11.3 Å². The third-order valence-corrected chi connectivity index (χ3v) is 4.14. The van der Waals surface area contributed by atoms with E-state index in [9.17, 15) is 4.79 Å². The minimum absolute atomic E-state index is 0.0668. The van der Waals surface area contributed by atoms with Crippen molar-refractivity contribution in [1.82, 2.24) is 4.90 Å². The van der Waals surface area contributed by atoms with Crippen molar-refractivity contribution in [2.75, 3.05) is 6.54 Å². The van der Waals surface area contributed by atoms with Gasteiger partial charge in [0.2, 0.25) is 5.91 Å². The predicted octanol–water partition coefficient (Wildman–Crippen LogP) is 3.87. The molecule has 94 valence electrons. The standard InChI is InChI=1S/C14H15NOS2/c1-2-15(10-13-4-3-8-18-13)14(16)6-5-12-7-9-17-11-12/h3-9,11H,2,10H2,1H3/b6-5+. The van der Waals surface area contributed by atoms with E-state index in [1.807, 2.05) is 46.2 Å². The first-order valence-corrected chi connectivity index (χ1v) is 7.63. The van der Waals surface area contributed by atoms with Crippen molar-refractivity contribution in [3.8, 4) is 0 Å². The van der Waals surface area contributed by atoms with Gasteiger partial charge in [-0.3, -0.25) is 4.79 Å². The number of rotatable bonds is 5. The summed E-state index contributed by atoms with van der Waals surface area (Å²) in [5.41, 5.74) is 1.08. The normalized spacial score (nSPS) is 10.9. The maximum atomic E-state index is 12.0. The van der Waals surface area contributed by atoms with Gasteiger partial charge in [0.1, 0.15) is 0 Å². The molecule has 2 aromatic rings. The van der Waals surface area contributed by atoms with Gasteiger partial charge in [0.25, 0.3) is 0 Å². The van der Waals surface area contributed by atoms with E-state index in [4.69, 9.17) is 0 Å². The Kier molecular flexibility index (Phi) is 4.73. The van der Waals surface area contributed by atoms with Gasteiger partial charge >= 0.3 is 0 Å². The summed E-state index contributed by atoms with van der Waals surface area (Å²) < 4.78 is 0. The molecule has 0 atom stereocenters. The van der Waals surface area contributed by atoms with E-state index in [0.717, 1.165) is 12.1 Å². The summed E-state index contributed by atoms with van der Waals surface area (Å²) in [6, 6.07) is 6.08. The van der Waals surface area contributed by atoms with E-state index in [1.165, 1.54) is 4.88 Å². The maximum absolute atomic E-state index is 12.0. The molecular weight excluding hydrogens is 262 g/mol. The van der Waals surface area contributed by atoms with E-state index >= 15 is 0 Å².